The Labute approximate surface area is 151 Å². The Balaban J connectivity index is 1.63. The van der Waals surface area contributed by atoms with E-state index in [2.05, 4.69) is 18.8 Å². The van der Waals surface area contributed by atoms with Crippen molar-refractivity contribution in [3.05, 3.63) is 47.9 Å². The van der Waals surface area contributed by atoms with Crippen molar-refractivity contribution in [2.75, 3.05) is 13.1 Å². The molecule has 0 spiro atoms. The van der Waals surface area contributed by atoms with Crippen molar-refractivity contribution in [1.82, 2.24) is 9.88 Å². The highest BCUT2D eigenvalue weighted by Crippen LogP contribution is 2.27. The largest absolute Gasteiger partial charge is 0.455 e. The van der Waals surface area contributed by atoms with Crippen LogP contribution in [0.25, 0.3) is 11.1 Å². The van der Waals surface area contributed by atoms with Gasteiger partial charge in [-0.15, -0.1) is 0 Å². The number of nitrogens with zero attached hydrogens (tertiary/aromatic N) is 2. The third-order valence-electron chi connectivity index (χ3n) is 3.76. The van der Waals surface area contributed by atoms with Gasteiger partial charge in [0.15, 0.2) is 11.3 Å². The summed E-state index contributed by atoms with van der Waals surface area (Å²) in [6, 6.07) is 11.3. The zero-order chi connectivity index (χ0) is 17.6. The van der Waals surface area contributed by atoms with Crippen LogP contribution >= 0.6 is 11.8 Å². The van der Waals surface area contributed by atoms with Crippen LogP contribution in [0, 0.1) is 0 Å². The molecule has 1 aromatic carbocycles. The van der Waals surface area contributed by atoms with Gasteiger partial charge in [-0.3, -0.25) is 4.79 Å². The molecule has 1 amide bonds. The standard InChI is InChI=1S/C19H22N2O3S/c1-3-11-21(12-4-2)18(22)17-10-9-14(23-17)13-25-19-20-15-7-5-6-8-16(15)24-19/h5-10H,3-4,11-13H2,1-2H3. The van der Waals surface area contributed by atoms with Gasteiger partial charge in [-0.05, 0) is 37.1 Å². The summed E-state index contributed by atoms with van der Waals surface area (Å²) in [6.07, 6.45) is 1.87. The molecular weight excluding hydrogens is 336 g/mol. The molecule has 5 nitrogen and oxygen atoms in total. The zero-order valence-electron chi connectivity index (χ0n) is 14.5. The summed E-state index contributed by atoms with van der Waals surface area (Å²) in [5.41, 5.74) is 1.62. The van der Waals surface area contributed by atoms with Crippen molar-refractivity contribution in [2.24, 2.45) is 0 Å². The molecule has 25 heavy (non-hydrogen) atoms. The molecule has 0 fully saturated rings. The molecule has 0 saturated carbocycles. The van der Waals surface area contributed by atoms with E-state index in [-0.39, 0.29) is 5.91 Å². The highest BCUT2D eigenvalue weighted by Gasteiger charge is 2.18. The van der Waals surface area contributed by atoms with Gasteiger partial charge in [-0.1, -0.05) is 37.7 Å². The van der Waals surface area contributed by atoms with Crippen molar-refractivity contribution in [2.45, 2.75) is 37.7 Å². The van der Waals surface area contributed by atoms with Crippen LogP contribution in [0.15, 0.2) is 50.5 Å². The predicted octanol–water partition coefficient (Wildman–Crippen LogP) is 4.98. The maximum absolute atomic E-state index is 12.5. The summed E-state index contributed by atoms with van der Waals surface area (Å²) in [4.78, 5) is 18.8. The maximum atomic E-state index is 12.5. The first-order valence-corrected chi connectivity index (χ1v) is 9.56. The number of oxazole rings is 1. The molecule has 2 aromatic heterocycles. The summed E-state index contributed by atoms with van der Waals surface area (Å²) in [7, 11) is 0. The van der Waals surface area contributed by atoms with Gasteiger partial charge in [0, 0.05) is 13.1 Å². The van der Waals surface area contributed by atoms with E-state index < -0.39 is 0 Å². The third kappa shape index (κ3) is 4.25. The van der Waals surface area contributed by atoms with Crippen LogP contribution in [0.1, 0.15) is 43.0 Å². The molecule has 0 unspecified atom stereocenters. The Kier molecular flexibility index (Phi) is 5.81. The minimum atomic E-state index is -0.0400. The topological polar surface area (TPSA) is 59.5 Å². The van der Waals surface area contributed by atoms with E-state index >= 15 is 0 Å². The molecule has 0 aliphatic carbocycles. The third-order valence-corrected chi connectivity index (χ3v) is 4.61. The maximum Gasteiger partial charge on any atom is 0.289 e. The van der Waals surface area contributed by atoms with Crippen LogP contribution in [0.2, 0.25) is 0 Å². The minimum Gasteiger partial charge on any atom is -0.455 e. The van der Waals surface area contributed by atoms with Gasteiger partial charge >= 0.3 is 0 Å². The summed E-state index contributed by atoms with van der Waals surface area (Å²) in [6.45, 7) is 5.64. The lowest BCUT2D eigenvalue weighted by molar-refractivity contribution is 0.0722. The minimum absolute atomic E-state index is 0.0400. The molecule has 0 saturated heterocycles. The number of carbonyl (C=O) groups is 1. The Morgan fingerprint density at radius 3 is 2.56 bits per heavy atom. The molecule has 0 radical (unpaired) electrons. The number of aromatic nitrogens is 1. The molecular formula is C19H22N2O3S. The molecule has 2 heterocycles. The van der Waals surface area contributed by atoms with Crippen molar-refractivity contribution in [3.63, 3.8) is 0 Å². The summed E-state index contributed by atoms with van der Waals surface area (Å²) in [5.74, 6) is 1.67. The second-order valence-corrected chi connectivity index (χ2v) is 6.72. The lowest BCUT2D eigenvalue weighted by Crippen LogP contribution is -2.32. The van der Waals surface area contributed by atoms with Crippen LogP contribution < -0.4 is 0 Å². The first-order valence-electron chi connectivity index (χ1n) is 8.57. The van der Waals surface area contributed by atoms with Gasteiger partial charge in [0.05, 0.1) is 5.75 Å². The first kappa shape index (κ1) is 17.6. The smallest absolute Gasteiger partial charge is 0.289 e. The molecule has 3 aromatic rings. The van der Waals surface area contributed by atoms with Crippen molar-refractivity contribution in [1.29, 1.82) is 0 Å². The van der Waals surface area contributed by atoms with Crippen molar-refractivity contribution in [3.8, 4) is 0 Å². The molecule has 3 rings (SSSR count). The average Bonchev–Trinajstić information content (AvgIpc) is 3.25. The number of para-hydroxylation sites is 2. The fourth-order valence-corrected chi connectivity index (χ4v) is 3.36. The van der Waals surface area contributed by atoms with Gasteiger partial charge in [0.2, 0.25) is 0 Å². The van der Waals surface area contributed by atoms with Crippen molar-refractivity contribution >= 4 is 28.8 Å². The predicted molar refractivity (Wildman–Crippen MR) is 98.8 cm³/mol. The molecule has 132 valence electrons. The number of rotatable bonds is 8. The Hall–Kier alpha value is -2.21. The molecule has 0 aliphatic heterocycles. The summed E-state index contributed by atoms with van der Waals surface area (Å²) in [5, 5.41) is 0.601. The summed E-state index contributed by atoms with van der Waals surface area (Å²) < 4.78 is 11.4. The second-order valence-electron chi connectivity index (χ2n) is 5.79. The number of benzene rings is 1. The van der Waals surface area contributed by atoms with Crippen LogP contribution in [-0.2, 0) is 5.75 Å². The van der Waals surface area contributed by atoms with Crippen LogP contribution in [0.3, 0.4) is 0 Å². The second kappa shape index (κ2) is 8.25. The first-order chi connectivity index (χ1) is 12.2. The summed E-state index contributed by atoms with van der Waals surface area (Å²) >= 11 is 1.46. The Morgan fingerprint density at radius 1 is 1.08 bits per heavy atom. The Bertz CT molecular complexity index is 801. The number of thioether (sulfide) groups is 1. The SMILES string of the molecule is CCCN(CCC)C(=O)c1ccc(CSc2nc3ccccc3o2)o1. The lowest BCUT2D eigenvalue weighted by atomic mass is 10.3. The quantitative estimate of drug-likeness (QED) is 0.532. The fraction of sp³-hybridized carbons (Fsp3) is 0.368. The lowest BCUT2D eigenvalue weighted by Gasteiger charge is -2.19. The Morgan fingerprint density at radius 2 is 1.84 bits per heavy atom. The van der Waals surface area contributed by atoms with Crippen molar-refractivity contribution < 1.29 is 13.6 Å². The molecule has 0 aliphatic rings. The van der Waals surface area contributed by atoms with Gasteiger partial charge in [-0.25, -0.2) is 4.98 Å². The molecule has 0 N–H and O–H groups in total. The van der Waals surface area contributed by atoms with Gasteiger partial charge in [0.25, 0.3) is 11.1 Å². The van der Waals surface area contributed by atoms with E-state index in [1.165, 1.54) is 11.8 Å². The van der Waals surface area contributed by atoms with E-state index in [1.54, 1.807) is 6.07 Å². The number of fused-ring (bicyclic) bond motifs is 1. The molecule has 6 heteroatoms. The van der Waals surface area contributed by atoms with Crippen LogP contribution in [-0.4, -0.2) is 28.9 Å². The normalized spacial score (nSPS) is 11.1. The fourth-order valence-electron chi connectivity index (χ4n) is 2.63. The van der Waals surface area contributed by atoms with E-state index in [0.29, 0.717) is 16.7 Å². The average molecular weight is 358 g/mol. The number of furan rings is 1. The van der Waals surface area contributed by atoms with E-state index in [1.807, 2.05) is 35.2 Å². The highest BCUT2D eigenvalue weighted by molar-refractivity contribution is 7.98. The molecule has 0 bridgehead atoms. The van der Waals surface area contributed by atoms with Crippen LogP contribution in [0.5, 0.6) is 0 Å². The number of hydrogen-bond donors (Lipinski definition) is 0. The van der Waals surface area contributed by atoms with Gasteiger partial charge < -0.3 is 13.7 Å². The highest BCUT2D eigenvalue weighted by atomic mass is 32.2. The van der Waals surface area contributed by atoms with Gasteiger partial charge in [-0.2, -0.15) is 0 Å². The van der Waals surface area contributed by atoms with Gasteiger partial charge in [0.1, 0.15) is 11.3 Å². The van der Waals surface area contributed by atoms with E-state index in [0.717, 1.165) is 42.8 Å². The van der Waals surface area contributed by atoms with Crippen LogP contribution in [0.4, 0.5) is 0 Å². The number of hydrogen-bond acceptors (Lipinski definition) is 5. The van der Waals surface area contributed by atoms with E-state index in [9.17, 15) is 4.79 Å². The molecule has 0 atom stereocenters. The number of amides is 1. The number of carbonyl (C=O) groups excluding carboxylic acids is 1. The monoisotopic (exact) mass is 358 g/mol. The zero-order valence-corrected chi connectivity index (χ0v) is 15.3. The van der Waals surface area contributed by atoms with E-state index in [4.69, 9.17) is 8.83 Å².